The van der Waals surface area contributed by atoms with Crippen LogP contribution in [0.2, 0.25) is 0 Å². The molecule has 112 valence electrons. The van der Waals surface area contributed by atoms with E-state index in [0.717, 1.165) is 35.0 Å². The molecule has 0 aliphatic heterocycles. The first-order chi connectivity index (χ1) is 10.1. The fraction of sp³-hybridized carbons (Fsp3) is 0.333. The van der Waals surface area contributed by atoms with E-state index < -0.39 is 0 Å². The smallest absolute Gasteiger partial charge is 0.123 e. The van der Waals surface area contributed by atoms with Crippen LogP contribution in [0, 0.1) is 12.7 Å². The molecule has 0 saturated carbocycles. The Morgan fingerprint density at radius 2 is 1.95 bits per heavy atom. The molecule has 0 radical (unpaired) electrons. The first-order valence-corrected chi connectivity index (χ1v) is 8.14. The zero-order valence-electron chi connectivity index (χ0n) is 12.5. The van der Waals surface area contributed by atoms with Crippen molar-refractivity contribution in [3.05, 3.63) is 69.4 Å². The van der Waals surface area contributed by atoms with Crippen LogP contribution in [0.4, 0.5) is 4.39 Å². The number of rotatable bonds is 6. The summed E-state index contributed by atoms with van der Waals surface area (Å²) >= 11 is 3.60. The van der Waals surface area contributed by atoms with Crippen molar-refractivity contribution >= 4 is 15.9 Å². The van der Waals surface area contributed by atoms with Crippen LogP contribution in [0.5, 0.6) is 0 Å². The highest BCUT2D eigenvalue weighted by molar-refractivity contribution is 9.10. The molecule has 0 aliphatic carbocycles. The van der Waals surface area contributed by atoms with Crippen molar-refractivity contribution in [3.8, 4) is 0 Å². The Morgan fingerprint density at radius 3 is 2.67 bits per heavy atom. The van der Waals surface area contributed by atoms with Gasteiger partial charge in [-0.25, -0.2) is 4.39 Å². The molecule has 2 rings (SSSR count). The van der Waals surface area contributed by atoms with Crippen LogP contribution >= 0.6 is 15.9 Å². The molecule has 1 N–H and O–H groups in total. The lowest BCUT2D eigenvalue weighted by Gasteiger charge is -2.22. The number of aryl methyl sites for hydroxylation is 1. The summed E-state index contributed by atoms with van der Waals surface area (Å²) in [5, 5.41) is 3.54. The molecule has 0 bridgehead atoms. The maximum absolute atomic E-state index is 13.6. The minimum Gasteiger partial charge on any atom is -0.310 e. The van der Waals surface area contributed by atoms with Crippen LogP contribution in [0.25, 0.3) is 0 Å². The molecule has 0 aromatic heterocycles. The van der Waals surface area contributed by atoms with Gasteiger partial charge in [0.2, 0.25) is 0 Å². The van der Waals surface area contributed by atoms with E-state index >= 15 is 0 Å². The summed E-state index contributed by atoms with van der Waals surface area (Å²) in [6.45, 7) is 5.10. The Hall–Kier alpha value is -1.19. The van der Waals surface area contributed by atoms with Gasteiger partial charge in [0.1, 0.15) is 5.82 Å². The standard InChI is InChI=1S/C18H21BrFN/c1-3-10-21-18(11-14-6-4-5-7-17(14)19)16-12-15(20)9-8-13(16)2/h4-9,12,18,21H,3,10-11H2,1-2H3. The van der Waals surface area contributed by atoms with E-state index in [9.17, 15) is 4.39 Å². The minimum atomic E-state index is -0.175. The maximum Gasteiger partial charge on any atom is 0.123 e. The Morgan fingerprint density at radius 1 is 1.19 bits per heavy atom. The first-order valence-electron chi connectivity index (χ1n) is 7.34. The summed E-state index contributed by atoms with van der Waals surface area (Å²) in [5.74, 6) is -0.175. The molecule has 3 heteroatoms. The fourth-order valence-corrected chi connectivity index (χ4v) is 2.93. The third kappa shape index (κ3) is 4.39. The second-order valence-corrected chi connectivity index (χ2v) is 6.16. The van der Waals surface area contributed by atoms with Gasteiger partial charge in [-0.1, -0.05) is 47.1 Å². The highest BCUT2D eigenvalue weighted by Crippen LogP contribution is 2.26. The van der Waals surface area contributed by atoms with E-state index in [1.807, 2.05) is 31.2 Å². The topological polar surface area (TPSA) is 12.0 Å². The van der Waals surface area contributed by atoms with Crippen molar-refractivity contribution in [2.24, 2.45) is 0 Å². The third-order valence-corrected chi connectivity index (χ3v) is 4.41. The predicted molar refractivity (Wildman–Crippen MR) is 90.0 cm³/mol. The lowest BCUT2D eigenvalue weighted by atomic mass is 9.95. The van der Waals surface area contributed by atoms with Crippen molar-refractivity contribution in [2.45, 2.75) is 32.7 Å². The maximum atomic E-state index is 13.6. The van der Waals surface area contributed by atoms with Crippen LogP contribution in [-0.4, -0.2) is 6.54 Å². The van der Waals surface area contributed by atoms with Crippen LogP contribution in [0.3, 0.4) is 0 Å². The Balaban J connectivity index is 2.30. The summed E-state index contributed by atoms with van der Waals surface area (Å²) in [7, 11) is 0. The van der Waals surface area contributed by atoms with Crippen molar-refractivity contribution in [1.82, 2.24) is 5.32 Å². The predicted octanol–water partition coefficient (Wildman–Crippen LogP) is 5.18. The zero-order chi connectivity index (χ0) is 15.2. The SMILES string of the molecule is CCCNC(Cc1ccccc1Br)c1cc(F)ccc1C. The van der Waals surface area contributed by atoms with E-state index in [2.05, 4.69) is 34.2 Å². The molecule has 0 aliphatic rings. The number of nitrogens with one attached hydrogen (secondary N) is 1. The van der Waals surface area contributed by atoms with Crippen molar-refractivity contribution in [2.75, 3.05) is 6.54 Å². The summed E-state index contributed by atoms with van der Waals surface area (Å²) in [6, 6.07) is 13.4. The Labute approximate surface area is 134 Å². The lowest BCUT2D eigenvalue weighted by Crippen LogP contribution is -2.25. The highest BCUT2D eigenvalue weighted by Gasteiger charge is 2.16. The molecule has 1 unspecified atom stereocenters. The van der Waals surface area contributed by atoms with Crippen LogP contribution in [-0.2, 0) is 6.42 Å². The molecule has 2 aromatic rings. The molecular formula is C18H21BrFN. The van der Waals surface area contributed by atoms with E-state index in [-0.39, 0.29) is 11.9 Å². The van der Waals surface area contributed by atoms with Gasteiger partial charge in [-0.3, -0.25) is 0 Å². The highest BCUT2D eigenvalue weighted by atomic mass is 79.9. The quantitative estimate of drug-likeness (QED) is 0.757. The molecule has 2 aromatic carbocycles. The number of hydrogen-bond acceptors (Lipinski definition) is 1. The van der Waals surface area contributed by atoms with Gasteiger partial charge in [0.25, 0.3) is 0 Å². The van der Waals surface area contributed by atoms with Gasteiger partial charge in [0.15, 0.2) is 0 Å². The van der Waals surface area contributed by atoms with Gasteiger partial charge in [-0.2, -0.15) is 0 Å². The average molecular weight is 350 g/mol. The molecule has 0 saturated heterocycles. The zero-order valence-corrected chi connectivity index (χ0v) is 14.1. The largest absolute Gasteiger partial charge is 0.310 e. The average Bonchev–Trinajstić information content (AvgIpc) is 2.48. The van der Waals surface area contributed by atoms with Gasteiger partial charge >= 0.3 is 0 Å². The molecule has 0 heterocycles. The molecule has 0 amide bonds. The summed E-state index contributed by atoms with van der Waals surface area (Å²) in [4.78, 5) is 0. The van der Waals surface area contributed by atoms with Crippen molar-refractivity contribution in [3.63, 3.8) is 0 Å². The lowest BCUT2D eigenvalue weighted by molar-refractivity contribution is 0.521. The van der Waals surface area contributed by atoms with Gasteiger partial charge < -0.3 is 5.32 Å². The Kier molecular flexibility index (Phi) is 5.95. The summed E-state index contributed by atoms with van der Waals surface area (Å²) < 4.78 is 14.7. The molecule has 0 fully saturated rings. The van der Waals surface area contributed by atoms with Gasteiger partial charge in [0.05, 0.1) is 0 Å². The molecule has 21 heavy (non-hydrogen) atoms. The minimum absolute atomic E-state index is 0.124. The van der Waals surface area contributed by atoms with Gasteiger partial charge in [-0.15, -0.1) is 0 Å². The first kappa shape index (κ1) is 16.2. The van der Waals surface area contributed by atoms with E-state index in [1.54, 1.807) is 6.07 Å². The van der Waals surface area contributed by atoms with Gasteiger partial charge in [-0.05, 0) is 61.2 Å². The molecular weight excluding hydrogens is 329 g/mol. The van der Waals surface area contributed by atoms with E-state index in [1.165, 1.54) is 11.6 Å². The fourth-order valence-electron chi connectivity index (χ4n) is 2.48. The summed E-state index contributed by atoms with van der Waals surface area (Å²) in [5.41, 5.74) is 3.39. The Bertz CT molecular complexity index is 598. The van der Waals surface area contributed by atoms with Crippen LogP contribution in [0.1, 0.15) is 36.1 Å². The number of halogens is 2. The third-order valence-electron chi connectivity index (χ3n) is 3.64. The molecule has 0 spiro atoms. The summed E-state index contributed by atoms with van der Waals surface area (Å²) in [6.07, 6.45) is 1.90. The second-order valence-electron chi connectivity index (χ2n) is 5.30. The van der Waals surface area contributed by atoms with Crippen LogP contribution in [0.15, 0.2) is 46.9 Å². The van der Waals surface area contributed by atoms with Crippen molar-refractivity contribution < 1.29 is 4.39 Å². The molecule has 1 nitrogen and oxygen atoms in total. The monoisotopic (exact) mass is 349 g/mol. The van der Waals surface area contributed by atoms with E-state index in [0.29, 0.717) is 0 Å². The normalized spacial score (nSPS) is 12.4. The second kappa shape index (κ2) is 7.71. The van der Waals surface area contributed by atoms with E-state index in [4.69, 9.17) is 0 Å². The van der Waals surface area contributed by atoms with Gasteiger partial charge in [0, 0.05) is 10.5 Å². The number of hydrogen-bond donors (Lipinski definition) is 1. The molecule has 1 atom stereocenters. The number of benzene rings is 2. The van der Waals surface area contributed by atoms with Crippen molar-refractivity contribution in [1.29, 1.82) is 0 Å². The van der Waals surface area contributed by atoms with Crippen LogP contribution < -0.4 is 5.32 Å².